The lowest BCUT2D eigenvalue weighted by Gasteiger charge is -2.38. The molecule has 3 nitrogen and oxygen atoms in total. The number of anilines is 1. The largest absolute Gasteiger partial charge is 0.369 e. The Labute approximate surface area is 125 Å². The van der Waals surface area contributed by atoms with E-state index in [0.717, 1.165) is 37.6 Å². The van der Waals surface area contributed by atoms with Gasteiger partial charge in [0.15, 0.2) is 0 Å². The predicted molar refractivity (Wildman–Crippen MR) is 82.8 cm³/mol. The molecule has 0 bridgehead atoms. The molecular formula is C17H20FN3. The van der Waals surface area contributed by atoms with Gasteiger partial charge < -0.3 is 4.90 Å². The molecule has 1 aromatic heterocycles. The minimum Gasteiger partial charge on any atom is -0.369 e. The number of pyridine rings is 1. The third kappa shape index (κ3) is 3.22. The smallest absolute Gasteiger partial charge is 0.125 e. The van der Waals surface area contributed by atoms with Gasteiger partial charge in [0, 0.05) is 44.1 Å². The van der Waals surface area contributed by atoms with Crippen LogP contribution in [0.3, 0.4) is 0 Å². The van der Waals surface area contributed by atoms with Gasteiger partial charge in [-0.25, -0.2) is 4.39 Å². The van der Waals surface area contributed by atoms with Crippen molar-refractivity contribution in [3.8, 4) is 0 Å². The summed E-state index contributed by atoms with van der Waals surface area (Å²) in [5, 5.41) is 0. The van der Waals surface area contributed by atoms with Crippen LogP contribution in [0.15, 0.2) is 48.7 Å². The first kappa shape index (κ1) is 14.0. The summed E-state index contributed by atoms with van der Waals surface area (Å²) in [4.78, 5) is 9.11. The number of piperazine rings is 1. The van der Waals surface area contributed by atoms with E-state index in [1.165, 1.54) is 6.07 Å². The van der Waals surface area contributed by atoms with E-state index < -0.39 is 0 Å². The number of rotatable bonds is 3. The Morgan fingerprint density at radius 1 is 1.05 bits per heavy atom. The van der Waals surface area contributed by atoms with Gasteiger partial charge in [0.25, 0.3) is 0 Å². The third-order valence-corrected chi connectivity index (χ3v) is 4.15. The number of hydrogen-bond donors (Lipinski definition) is 0. The zero-order valence-electron chi connectivity index (χ0n) is 12.2. The standard InChI is InChI=1S/C17H20FN3/c1-14(17-7-2-3-8-19-17)20-9-11-21(12-10-20)16-6-4-5-15(18)13-16/h2-8,13-14H,9-12H2,1H3. The van der Waals surface area contributed by atoms with Crippen molar-refractivity contribution >= 4 is 5.69 Å². The van der Waals surface area contributed by atoms with Crippen molar-refractivity contribution < 1.29 is 4.39 Å². The number of nitrogens with zero attached hydrogens (tertiary/aromatic N) is 3. The predicted octanol–water partition coefficient (Wildman–Crippen LogP) is 3.10. The van der Waals surface area contributed by atoms with Crippen molar-refractivity contribution in [1.29, 1.82) is 0 Å². The number of aromatic nitrogens is 1. The number of hydrogen-bond acceptors (Lipinski definition) is 3. The van der Waals surface area contributed by atoms with E-state index in [9.17, 15) is 4.39 Å². The summed E-state index contributed by atoms with van der Waals surface area (Å²) in [6, 6.07) is 13.2. The van der Waals surface area contributed by atoms with Crippen LogP contribution < -0.4 is 4.90 Å². The van der Waals surface area contributed by atoms with Gasteiger partial charge in [0.2, 0.25) is 0 Å². The molecule has 3 rings (SSSR count). The van der Waals surface area contributed by atoms with Crippen LogP contribution >= 0.6 is 0 Å². The summed E-state index contributed by atoms with van der Waals surface area (Å²) >= 11 is 0. The highest BCUT2D eigenvalue weighted by Crippen LogP contribution is 2.22. The second-order valence-electron chi connectivity index (χ2n) is 5.43. The van der Waals surface area contributed by atoms with Gasteiger partial charge in [0.05, 0.1) is 5.69 Å². The molecule has 0 aliphatic carbocycles. The second-order valence-corrected chi connectivity index (χ2v) is 5.43. The van der Waals surface area contributed by atoms with Gasteiger partial charge >= 0.3 is 0 Å². The molecule has 0 N–H and O–H groups in total. The summed E-state index contributed by atoms with van der Waals surface area (Å²) in [5.74, 6) is -0.170. The lowest BCUT2D eigenvalue weighted by molar-refractivity contribution is 0.195. The molecule has 1 aliphatic heterocycles. The van der Waals surface area contributed by atoms with Crippen LogP contribution in [0.25, 0.3) is 0 Å². The third-order valence-electron chi connectivity index (χ3n) is 4.15. The summed E-state index contributed by atoms with van der Waals surface area (Å²) in [5.41, 5.74) is 2.08. The Morgan fingerprint density at radius 3 is 2.52 bits per heavy atom. The van der Waals surface area contributed by atoms with Crippen molar-refractivity contribution in [3.63, 3.8) is 0 Å². The van der Waals surface area contributed by atoms with Crippen LogP contribution in [-0.4, -0.2) is 36.1 Å². The molecule has 1 aliphatic rings. The van der Waals surface area contributed by atoms with Gasteiger partial charge in [-0.05, 0) is 37.3 Å². The average molecular weight is 285 g/mol. The average Bonchev–Trinajstić information content (AvgIpc) is 2.55. The Morgan fingerprint density at radius 2 is 1.86 bits per heavy atom. The van der Waals surface area contributed by atoms with Crippen LogP contribution in [0.5, 0.6) is 0 Å². The zero-order valence-corrected chi connectivity index (χ0v) is 12.2. The van der Waals surface area contributed by atoms with E-state index in [4.69, 9.17) is 0 Å². The van der Waals surface area contributed by atoms with Crippen LogP contribution in [0, 0.1) is 5.82 Å². The molecule has 110 valence electrons. The van der Waals surface area contributed by atoms with Crippen molar-refractivity contribution in [2.75, 3.05) is 31.1 Å². The highest BCUT2D eigenvalue weighted by Gasteiger charge is 2.22. The maximum absolute atomic E-state index is 13.3. The Kier molecular flexibility index (Phi) is 4.15. The molecule has 1 aromatic carbocycles. The molecule has 0 amide bonds. The summed E-state index contributed by atoms with van der Waals surface area (Å²) < 4.78 is 13.3. The van der Waals surface area contributed by atoms with E-state index >= 15 is 0 Å². The lowest BCUT2D eigenvalue weighted by atomic mass is 10.1. The highest BCUT2D eigenvalue weighted by atomic mass is 19.1. The molecule has 0 spiro atoms. The minimum absolute atomic E-state index is 0.170. The van der Waals surface area contributed by atoms with E-state index in [1.54, 1.807) is 12.1 Å². The first-order valence-corrected chi connectivity index (χ1v) is 7.39. The van der Waals surface area contributed by atoms with Gasteiger partial charge in [-0.2, -0.15) is 0 Å². The van der Waals surface area contributed by atoms with Gasteiger partial charge in [-0.1, -0.05) is 12.1 Å². The summed E-state index contributed by atoms with van der Waals surface area (Å²) in [6.07, 6.45) is 1.84. The molecule has 4 heteroatoms. The molecule has 2 heterocycles. The van der Waals surface area contributed by atoms with Crippen molar-refractivity contribution in [3.05, 3.63) is 60.2 Å². The highest BCUT2D eigenvalue weighted by molar-refractivity contribution is 5.46. The van der Waals surface area contributed by atoms with E-state index in [-0.39, 0.29) is 5.82 Å². The van der Waals surface area contributed by atoms with Crippen LogP contribution in [-0.2, 0) is 0 Å². The number of benzene rings is 1. The van der Waals surface area contributed by atoms with E-state index in [2.05, 4.69) is 27.8 Å². The first-order chi connectivity index (χ1) is 10.2. The van der Waals surface area contributed by atoms with E-state index in [1.807, 2.05) is 24.4 Å². The van der Waals surface area contributed by atoms with Gasteiger partial charge in [0.1, 0.15) is 5.82 Å². The molecule has 1 unspecified atom stereocenters. The molecule has 1 saturated heterocycles. The maximum Gasteiger partial charge on any atom is 0.125 e. The topological polar surface area (TPSA) is 19.4 Å². The monoisotopic (exact) mass is 285 g/mol. The fraction of sp³-hybridized carbons (Fsp3) is 0.353. The van der Waals surface area contributed by atoms with Crippen molar-refractivity contribution in [1.82, 2.24) is 9.88 Å². The minimum atomic E-state index is -0.170. The molecule has 0 saturated carbocycles. The van der Waals surface area contributed by atoms with Gasteiger partial charge in [-0.15, -0.1) is 0 Å². The molecule has 21 heavy (non-hydrogen) atoms. The van der Waals surface area contributed by atoms with Crippen LogP contribution in [0.4, 0.5) is 10.1 Å². The fourth-order valence-corrected chi connectivity index (χ4v) is 2.85. The van der Waals surface area contributed by atoms with Crippen LogP contribution in [0.1, 0.15) is 18.7 Å². The van der Waals surface area contributed by atoms with E-state index in [0.29, 0.717) is 6.04 Å². The van der Waals surface area contributed by atoms with Crippen molar-refractivity contribution in [2.24, 2.45) is 0 Å². The Hall–Kier alpha value is -1.94. The second kappa shape index (κ2) is 6.22. The normalized spacial score (nSPS) is 17.7. The molecule has 1 atom stereocenters. The SMILES string of the molecule is CC(c1ccccn1)N1CCN(c2cccc(F)c2)CC1. The molecule has 1 fully saturated rings. The lowest BCUT2D eigenvalue weighted by Crippen LogP contribution is -2.47. The molecule has 0 radical (unpaired) electrons. The fourth-order valence-electron chi connectivity index (χ4n) is 2.85. The maximum atomic E-state index is 13.3. The number of halogens is 1. The molecular weight excluding hydrogens is 265 g/mol. The molecule has 2 aromatic rings. The Bertz CT molecular complexity index is 580. The first-order valence-electron chi connectivity index (χ1n) is 7.39. The Balaban J connectivity index is 1.63. The zero-order chi connectivity index (χ0) is 14.7. The summed E-state index contributed by atoms with van der Waals surface area (Å²) in [6.45, 7) is 5.96. The summed E-state index contributed by atoms with van der Waals surface area (Å²) in [7, 11) is 0. The van der Waals surface area contributed by atoms with Crippen molar-refractivity contribution in [2.45, 2.75) is 13.0 Å². The van der Waals surface area contributed by atoms with Gasteiger partial charge in [-0.3, -0.25) is 9.88 Å². The van der Waals surface area contributed by atoms with Crippen LogP contribution in [0.2, 0.25) is 0 Å². The quantitative estimate of drug-likeness (QED) is 0.864.